The number of aromatic carboxylic acids is 1. The van der Waals surface area contributed by atoms with Gasteiger partial charge in [-0.15, -0.1) is 0 Å². The largest absolute Gasteiger partial charge is 0.477 e. The maximum atomic E-state index is 14.9. The van der Waals surface area contributed by atoms with Gasteiger partial charge in [-0.05, 0) is 37.8 Å². The Morgan fingerprint density at radius 1 is 1.48 bits per heavy atom. The number of carboxylic acids is 1. The van der Waals surface area contributed by atoms with Crippen molar-refractivity contribution in [2.75, 3.05) is 31.6 Å². The molecule has 0 bridgehead atoms. The summed E-state index contributed by atoms with van der Waals surface area (Å²) in [5, 5.41) is 12.5. The van der Waals surface area contributed by atoms with Crippen molar-refractivity contribution in [2.45, 2.75) is 32.2 Å². The molecule has 144 valence electrons. The summed E-state index contributed by atoms with van der Waals surface area (Å²) in [6, 6.07) is 1.27. The third kappa shape index (κ3) is 3.07. The lowest BCUT2D eigenvalue weighted by molar-refractivity contribution is 0.0695. The first-order chi connectivity index (χ1) is 12.8. The molecular formula is C19H23FN4O3. The Hall–Kier alpha value is -2.48. The first-order valence-corrected chi connectivity index (χ1v) is 9.21. The third-order valence-electron chi connectivity index (χ3n) is 5.57. The lowest BCUT2D eigenvalue weighted by atomic mass is 9.90. The fraction of sp³-hybridized carbons (Fsp3) is 0.526. The van der Waals surface area contributed by atoms with Crippen molar-refractivity contribution in [1.29, 1.82) is 0 Å². The molecule has 1 aliphatic carbocycles. The predicted molar refractivity (Wildman–Crippen MR) is 100 cm³/mol. The minimum Gasteiger partial charge on any atom is -0.477 e. The Bertz CT molecular complexity index is 985. The summed E-state index contributed by atoms with van der Waals surface area (Å²) >= 11 is 0. The molecule has 1 saturated carbocycles. The van der Waals surface area contributed by atoms with Crippen LogP contribution in [0, 0.1) is 11.2 Å². The topological polar surface area (TPSA) is 87.5 Å². The van der Waals surface area contributed by atoms with Gasteiger partial charge in [-0.25, -0.2) is 14.2 Å². The molecule has 2 fully saturated rings. The highest BCUT2D eigenvalue weighted by Crippen LogP contribution is 2.38. The second-order valence-corrected chi connectivity index (χ2v) is 7.99. The number of hydrogen-bond acceptors (Lipinski definition) is 5. The number of carboxylic acid groups (broad SMARTS) is 1. The van der Waals surface area contributed by atoms with Crippen LogP contribution in [0.1, 0.15) is 42.6 Å². The van der Waals surface area contributed by atoms with Gasteiger partial charge < -0.3 is 19.9 Å². The Morgan fingerprint density at radius 2 is 2.22 bits per heavy atom. The van der Waals surface area contributed by atoms with Crippen molar-refractivity contribution >= 4 is 22.8 Å². The maximum Gasteiger partial charge on any atom is 0.341 e. The van der Waals surface area contributed by atoms with Crippen LogP contribution < -0.4 is 15.6 Å². The van der Waals surface area contributed by atoms with E-state index in [4.69, 9.17) is 0 Å². The van der Waals surface area contributed by atoms with Gasteiger partial charge in [0.1, 0.15) is 11.2 Å². The first kappa shape index (κ1) is 17.9. The van der Waals surface area contributed by atoms with Crippen molar-refractivity contribution in [3.8, 4) is 0 Å². The molecule has 0 amide bonds. The van der Waals surface area contributed by atoms with Gasteiger partial charge in [0.2, 0.25) is 5.43 Å². The Kier molecular flexibility index (Phi) is 4.18. The number of carbonyl (C=O) groups is 1. The van der Waals surface area contributed by atoms with Crippen molar-refractivity contribution in [2.24, 2.45) is 5.41 Å². The van der Waals surface area contributed by atoms with Crippen LogP contribution >= 0.6 is 0 Å². The van der Waals surface area contributed by atoms with Gasteiger partial charge in [-0.1, -0.05) is 6.92 Å². The highest BCUT2D eigenvalue weighted by molar-refractivity contribution is 5.92. The maximum absolute atomic E-state index is 14.9. The van der Waals surface area contributed by atoms with Crippen LogP contribution in [-0.2, 0) is 0 Å². The summed E-state index contributed by atoms with van der Waals surface area (Å²) in [6.45, 7) is 4.34. The quantitative estimate of drug-likeness (QED) is 0.832. The number of aromatic nitrogens is 2. The van der Waals surface area contributed by atoms with Crippen LogP contribution in [-0.4, -0.2) is 47.3 Å². The summed E-state index contributed by atoms with van der Waals surface area (Å²) in [4.78, 5) is 30.3. The molecule has 1 aliphatic heterocycles. The van der Waals surface area contributed by atoms with E-state index in [0.717, 1.165) is 31.9 Å². The van der Waals surface area contributed by atoms with Crippen LogP contribution in [0.2, 0.25) is 0 Å². The fourth-order valence-electron chi connectivity index (χ4n) is 4.02. The van der Waals surface area contributed by atoms with E-state index in [-0.39, 0.29) is 28.2 Å². The number of rotatable bonds is 5. The monoisotopic (exact) mass is 374 g/mol. The third-order valence-corrected chi connectivity index (χ3v) is 5.57. The summed E-state index contributed by atoms with van der Waals surface area (Å²) < 4.78 is 16.6. The minimum absolute atomic E-state index is 0.0280. The molecule has 1 unspecified atom stereocenters. The highest BCUT2D eigenvalue weighted by Gasteiger charge is 2.35. The van der Waals surface area contributed by atoms with E-state index >= 15 is 0 Å². The van der Waals surface area contributed by atoms with E-state index in [9.17, 15) is 19.1 Å². The molecule has 4 rings (SSSR count). The van der Waals surface area contributed by atoms with Gasteiger partial charge >= 0.3 is 5.97 Å². The zero-order chi connectivity index (χ0) is 19.3. The average molecular weight is 374 g/mol. The molecule has 8 heteroatoms. The summed E-state index contributed by atoms with van der Waals surface area (Å²) in [6.07, 6.45) is 4.07. The molecule has 0 spiro atoms. The Morgan fingerprint density at radius 3 is 2.85 bits per heavy atom. The minimum atomic E-state index is -1.30. The fourth-order valence-corrected chi connectivity index (χ4v) is 4.02. The summed E-state index contributed by atoms with van der Waals surface area (Å²) in [5.41, 5.74) is -0.632. The van der Waals surface area contributed by atoms with Crippen molar-refractivity contribution < 1.29 is 14.3 Å². The van der Waals surface area contributed by atoms with E-state index < -0.39 is 17.2 Å². The standard InChI is InChI=1S/C19H23FN4O3/c1-19(9-21-2)5-6-23(10-19)17-14(20)7-12-15(25)13(18(26)27)8-24(11-3-4-11)16(12)22-17/h7-8,11,21H,3-6,9-10H2,1-2H3,(H,26,27). The van der Waals surface area contributed by atoms with Crippen LogP contribution in [0.15, 0.2) is 17.1 Å². The molecule has 0 radical (unpaired) electrons. The molecule has 1 atom stereocenters. The number of fused-ring (bicyclic) bond motifs is 1. The molecular weight excluding hydrogens is 351 g/mol. The molecule has 3 heterocycles. The molecule has 2 aromatic heterocycles. The molecule has 2 aliphatic rings. The average Bonchev–Trinajstić information content (AvgIpc) is 3.38. The molecule has 27 heavy (non-hydrogen) atoms. The van der Waals surface area contributed by atoms with Crippen LogP contribution in [0.4, 0.5) is 10.2 Å². The zero-order valence-electron chi connectivity index (χ0n) is 15.5. The van der Waals surface area contributed by atoms with E-state index in [1.807, 2.05) is 11.9 Å². The second kappa shape index (κ2) is 6.30. The van der Waals surface area contributed by atoms with Gasteiger partial charge in [0.15, 0.2) is 11.6 Å². The van der Waals surface area contributed by atoms with Gasteiger partial charge in [-0.2, -0.15) is 0 Å². The van der Waals surface area contributed by atoms with Gasteiger partial charge in [0.25, 0.3) is 0 Å². The molecule has 7 nitrogen and oxygen atoms in total. The van der Waals surface area contributed by atoms with Crippen LogP contribution in [0.25, 0.3) is 11.0 Å². The highest BCUT2D eigenvalue weighted by atomic mass is 19.1. The Labute approximate surface area is 155 Å². The number of hydrogen-bond donors (Lipinski definition) is 2. The number of nitrogens with one attached hydrogen (secondary N) is 1. The lowest BCUT2D eigenvalue weighted by Gasteiger charge is -2.25. The van der Waals surface area contributed by atoms with E-state index in [1.54, 1.807) is 4.57 Å². The summed E-state index contributed by atoms with van der Waals surface area (Å²) in [7, 11) is 1.90. The zero-order valence-corrected chi connectivity index (χ0v) is 15.5. The van der Waals surface area contributed by atoms with Gasteiger partial charge in [0, 0.05) is 31.9 Å². The number of anilines is 1. The van der Waals surface area contributed by atoms with Crippen molar-refractivity contribution in [3.05, 3.63) is 33.9 Å². The van der Waals surface area contributed by atoms with Crippen LogP contribution in [0.3, 0.4) is 0 Å². The van der Waals surface area contributed by atoms with Crippen molar-refractivity contribution in [1.82, 2.24) is 14.9 Å². The molecule has 1 saturated heterocycles. The molecule has 0 aromatic carbocycles. The second-order valence-electron chi connectivity index (χ2n) is 7.99. The number of nitrogens with zero attached hydrogens (tertiary/aromatic N) is 3. The molecule has 2 N–H and O–H groups in total. The predicted octanol–water partition coefficient (Wildman–Crippen LogP) is 2.00. The van der Waals surface area contributed by atoms with Gasteiger partial charge in [-0.3, -0.25) is 4.79 Å². The van der Waals surface area contributed by atoms with E-state index in [0.29, 0.717) is 18.7 Å². The first-order valence-electron chi connectivity index (χ1n) is 9.21. The summed E-state index contributed by atoms with van der Waals surface area (Å²) in [5.74, 6) is -1.65. The Balaban J connectivity index is 1.84. The normalized spacial score (nSPS) is 22.6. The lowest BCUT2D eigenvalue weighted by Crippen LogP contribution is -2.33. The molecule has 2 aromatic rings. The van der Waals surface area contributed by atoms with Gasteiger partial charge in [0.05, 0.1) is 5.39 Å². The smallest absolute Gasteiger partial charge is 0.341 e. The SMILES string of the molecule is CNCC1(C)CCN(c2nc3c(cc2F)c(=O)c(C(=O)O)cn3C2CC2)C1. The van der Waals surface area contributed by atoms with E-state index in [2.05, 4.69) is 17.2 Å². The number of halogens is 1. The number of pyridine rings is 2. The van der Waals surface area contributed by atoms with Crippen molar-refractivity contribution in [3.63, 3.8) is 0 Å². The van der Waals surface area contributed by atoms with Crippen LogP contribution in [0.5, 0.6) is 0 Å². The van der Waals surface area contributed by atoms with E-state index in [1.165, 1.54) is 6.20 Å².